The van der Waals surface area contributed by atoms with Crippen molar-refractivity contribution >= 4 is 22.9 Å². The largest absolute Gasteiger partial charge is 0.474 e. The van der Waals surface area contributed by atoms with E-state index in [9.17, 15) is 18.0 Å². The zero-order valence-electron chi connectivity index (χ0n) is 15.9. The van der Waals surface area contributed by atoms with Crippen LogP contribution in [0.2, 0.25) is 0 Å². The SMILES string of the molecule is COCCOc1ncccc1NC(=O)Cc1csc(-c2ccc(C(F)(F)F)cc2)n1. The van der Waals surface area contributed by atoms with E-state index >= 15 is 0 Å². The van der Waals surface area contributed by atoms with Gasteiger partial charge in [-0.15, -0.1) is 11.3 Å². The maximum absolute atomic E-state index is 12.7. The van der Waals surface area contributed by atoms with Crippen LogP contribution < -0.4 is 10.1 Å². The van der Waals surface area contributed by atoms with Crippen LogP contribution in [0.25, 0.3) is 10.6 Å². The Bertz CT molecular complexity index is 991. The van der Waals surface area contributed by atoms with Crippen molar-refractivity contribution in [3.63, 3.8) is 0 Å². The monoisotopic (exact) mass is 437 g/mol. The summed E-state index contributed by atoms with van der Waals surface area (Å²) >= 11 is 1.26. The Morgan fingerprint density at radius 3 is 2.63 bits per heavy atom. The summed E-state index contributed by atoms with van der Waals surface area (Å²) < 4.78 is 48.5. The maximum atomic E-state index is 12.7. The molecule has 30 heavy (non-hydrogen) atoms. The maximum Gasteiger partial charge on any atom is 0.416 e. The summed E-state index contributed by atoms with van der Waals surface area (Å²) in [4.78, 5) is 20.8. The number of anilines is 1. The number of amides is 1. The molecule has 0 saturated carbocycles. The zero-order chi connectivity index (χ0) is 21.6. The number of carbonyl (C=O) groups is 1. The Hall–Kier alpha value is -2.98. The van der Waals surface area contributed by atoms with Crippen LogP contribution in [-0.4, -0.2) is 36.2 Å². The number of benzene rings is 1. The summed E-state index contributed by atoms with van der Waals surface area (Å²) in [6.07, 6.45) is -2.83. The molecule has 0 unspecified atom stereocenters. The van der Waals surface area contributed by atoms with Gasteiger partial charge in [0.1, 0.15) is 17.3 Å². The summed E-state index contributed by atoms with van der Waals surface area (Å²) in [5, 5.41) is 4.97. The summed E-state index contributed by atoms with van der Waals surface area (Å²) in [6, 6.07) is 8.09. The van der Waals surface area contributed by atoms with E-state index in [1.807, 2.05) is 0 Å². The number of nitrogens with zero attached hydrogens (tertiary/aromatic N) is 2. The minimum atomic E-state index is -4.39. The molecule has 0 radical (unpaired) electrons. The second-order valence-corrected chi connectivity index (χ2v) is 7.00. The van der Waals surface area contributed by atoms with Gasteiger partial charge < -0.3 is 14.8 Å². The number of thiazole rings is 1. The molecule has 0 fully saturated rings. The van der Waals surface area contributed by atoms with Crippen LogP contribution >= 0.6 is 11.3 Å². The fourth-order valence-electron chi connectivity index (χ4n) is 2.50. The molecule has 0 aliphatic heterocycles. The van der Waals surface area contributed by atoms with E-state index in [-0.39, 0.29) is 18.2 Å². The highest BCUT2D eigenvalue weighted by Gasteiger charge is 2.30. The molecule has 1 aromatic carbocycles. The van der Waals surface area contributed by atoms with Gasteiger partial charge in [-0.25, -0.2) is 9.97 Å². The van der Waals surface area contributed by atoms with E-state index in [2.05, 4.69) is 15.3 Å². The molecule has 3 rings (SSSR count). The summed E-state index contributed by atoms with van der Waals surface area (Å²) in [5.74, 6) is -0.0320. The predicted molar refractivity (Wildman–Crippen MR) is 106 cm³/mol. The molecule has 3 aromatic rings. The van der Waals surface area contributed by atoms with Crippen molar-refractivity contribution in [1.82, 2.24) is 9.97 Å². The van der Waals surface area contributed by atoms with Crippen LogP contribution in [0.15, 0.2) is 48.0 Å². The highest BCUT2D eigenvalue weighted by Crippen LogP contribution is 2.32. The number of methoxy groups -OCH3 is 1. The van der Waals surface area contributed by atoms with Crippen molar-refractivity contribution in [3.8, 4) is 16.5 Å². The lowest BCUT2D eigenvalue weighted by Gasteiger charge is -2.10. The number of halogens is 3. The summed E-state index contributed by atoms with van der Waals surface area (Å²) in [7, 11) is 1.55. The molecule has 1 N–H and O–H groups in total. The molecule has 158 valence electrons. The third-order valence-electron chi connectivity index (χ3n) is 3.92. The van der Waals surface area contributed by atoms with Crippen molar-refractivity contribution in [2.75, 3.05) is 25.6 Å². The number of hydrogen-bond donors (Lipinski definition) is 1. The summed E-state index contributed by atoms with van der Waals surface area (Å²) in [5.41, 5.74) is 0.776. The van der Waals surface area contributed by atoms with Crippen molar-refractivity contribution in [1.29, 1.82) is 0 Å². The van der Waals surface area contributed by atoms with E-state index in [4.69, 9.17) is 9.47 Å². The normalized spacial score (nSPS) is 11.3. The van der Waals surface area contributed by atoms with Gasteiger partial charge in [-0.1, -0.05) is 12.1 Å². The molecule has 10 heteroatoms. The number of nitrogens with one attached hydrogen (secondary N) is 1. The Balaban J connectivity index is 1.63. The molecular formula is C20H18F3N3O3S. The third kappa shape index (κ3) is 5.77. The smallest absolute Gasteiger partial charge is 0.416 e. The molecule has 0 atom stereocenters. The Labute approximate surface area is 174 Å². The summed E-state index contributed by atoms with van der Waals surface area (Å²) in [6.45, 7) is 0.675. The standard InChI is InChI=1S/C20H18F3N3O3S/c1-28-9-10-29-18-16(3-2-8-24-18)26-17(27)11-15-12-30-19(25-15)13-4-6-14(7-5-13)20(21,22)23/h2-8,12H,9-11H2,1H3,(H,26,27). The van der Waals surface area contributed by atoms with Crippen molar-refractivity contribution in [3.05, 3.63) is 59.2 Å². The minimum Gasteiger partial charge on any atom is -0.474 e. The van der Waals surface area contributed by atoms with Crippen LogP contribution in [0, 0.1) is 0 Å². The first-order chi connectivity index (χ1) is 14.4. The molecule has 0 saturated heterocycles. The van der Waals surface area contributed by atoms with Crippen LogP contribution in [-0.2, 0) is 22.1 Å². The first-order valence-electron chi connectivity index (χ1n) is 8.85. The highest BCUT2D eigenvalue weighted by molar-refractivity contribution is 7.13. The van der Waals surface area contributed by atoms with Crippen LogP contribution in [0.4, 0.5) is 18.9 Å². The van der Waals surface area contributed by atoms with Gasteiger partial charge in [-0.05, 0) is 24.3 Å². The minimum absolute atomic E-state index is 0.00351. The lowest BCUT2D eigenvalue weighted by atomic mass is 10.1. The lowest BCUT2D eigenvalue weighted by Crippen LogP contribution is -2.16. The average molecular weight is 437 g/mol. The van der Waals surface area contributed by atoms with Crippen LogP contribution in [0.5, 0.6) is 5.88 Å². The third-order valence-corrected chi connectivity index (χ3v) is 4.86. The van der Waals surface area contributed by atoms with Gasteiger partial charge in [-0.2, -0.15) is 13.2 Å². The van der Waals surface area contributed by atoms with Crippen molar-refractivity contribution < 1.29 is 27.4 Å². The fourth-order valence-corrected chi connectivity index (χ4v) is 3.33. The van der Waals surface area contributed by atoms with Gasteiger partial charge in [0.25, 0.3) is 0 Å². The molecule has 0 aliphatic carbocycles. The predicted octanol–water partition coefficient (Wildman–Crippen LogP) is 4.43. The number of pyridine rings is 1. The lowest BCUT2D eigenvalue weighted by molar-refractivity contribution is -0.137. The zero-order valence-corrected chi connectivity index (χ0v) is 16.7. The molecule has 0 aliphatic rings. The second-order valence-electron chi connectivity index (χ2n) is 6.14. The Morgan fingerprint density at radius 2 is 1.93 bits per heavy atom. The van der Waals surface area contributed by atoms with E-state index in [1.54, 1.807) is 30.8 Å². The number of hydrogen-bond acceptors (Lipinski definition) is 6. The number of ether oxygens (including phenoxy) is 2. The molecule has 2 heterocycles. The van der Waals surface area contributed by atoms with Gasteiger partial charge in [0, 0.05) is 24.3 Å². The van der Waals surface area contributed by atoms with Gasteiger partial charge in [0.15, 0.2) is 0 Å². The molecule has 0 spiro atoms. The molecule has 0 bridgehead atoms. The van der Waals surface area contributed by atoms with Crippen LogP contribution in [0.1, 0.15) is 11.3 Å². The van der Waals surface area contributed by atoms with Gasteiger partial charge in [0.2, 0.25) is 11.8 Å². The van der Waals surface area contributed by atoms with E-state index in [1.165, 1.54) is 23.5 Å². The number of rotatable bonds is 8. The van der Waals surface area contributed by atoms with Crippen LogP contribution in [0.3, 0.4) is 0 Å². The van der Waals surface area contributed by atoms with Gasteiger partial charge >= 0.3 is 6.18 Å². The number of aromatic nitrogens is 2. The number of alkyl halides is 3. The average Bonchev–Trinajstić information content (AvgIpc) is 3.17. The van der Waals surface area contributed by atoms with Crippen molar-refractivity contribution in [2.45, 2.75) is 12.6 Å². The van der Waals surface area contributed by atoms with E-state index < -0.39 is 11.7 Å². The molecule has 2 aromatic heterocycles. The molecule has 1 amide bonds. The van der Waals surface area contributed by atoms with Gasteiger partial charge in [-0.3, -0.25) is 4.79 Å². The number of carbonyl (C=O) groups excluding carboxylic acids is 1. The Morgan fingerprint density at radius 1 is 1.17 bits per heavy atom. The molecule has 6 nitrogen and oxygen atoms in total. The second kappa shape index (κ2) is 9.68. The Kier molecular flexibility index (Phi) is 7.01. The first-order valence-corrected chi connectivity index (χ1v) is 9.73. The topological polar surface area (TPSA) is 73.3 Å². The van der Waals surface area contributed by atoms with E-state index in [0.717, 1.165) is 12.1 Å². The van der Waals surface area contributed by atoms with Gasteiger partial charge in [0.05, 0.1) is 24.3 Å². The fraction of sp³-hybridized carbons (Fsp3) is 0.250. The van der Waals surface area contributed by atoms with Crippen molar-refractivity contribution in [2.24, 2.45) is 0 Å². The first kappa shape index (κ1) is 21.7. The highest BCUT2D eigenvalue weighted by atomic mass is 32.1. The molecular weight excluding hydrogens is 419 g/mol. The van der Waals surface area contributed by atoms with E-state index in [0.29, 0.717) is 35.2 Å². The quantitative estimate of drug-likeness (QED) is 0.528.